The second kappa shape index (κ2) is 47.3. The van der Waals surface area contributed by atoms with Crippen LogP contribution in [0.15, 0.2) is 36.5 Å². The van der Waals surface area contributed by atoms with E-state index in [4.69, 9.17) is 9.47 Å². The number of hydrogen-bond donors (Lipinski definition) is 8. The maximum atomic E-state index is 13.1. The molecule has 11 heteroatoms. The highest BCUT2D eigenvalue weighted by atomic mass is 16.7. The number of nitrogens with one attached hydrogen (secondary N) is 1. The minimum atomic E-state index is -1.67. The van der Waals surface area contributed by atoms with Crippen LogP contribution in [0.3, 0.4) is 0 Å². The van der Waals surface area contributed by atoms with Crippen molar-refractivity contribution in [2.45, 2.75) is 313 Å². The Balaban J connectivity index is 2.27. The van der Waals surface area contributed by atoms with Crippen molar-refractivity contribution in [3.8, 4) is 0 Å². The van der Waals surface area contributed by atoms with Gasteiger partial charge in [0.25, 0.3) is 0 Å². The maximum Gasteiger partial charge on any atom is 0.249 e. The van der Waals surface area contributed by atoms with Crippen LogP contribution in [-0.2, 0) is 14.3 Å². The first-order valence-corrected chi connectivity index (χ1v) is 28.9. The lowest BCUT2D eigenvalue weighted by atomic mass is 9.98. The molecule has 1 saturated heterocycles. The van der Waals surface area contributed by atoms with Crippen molar-refractivity contribution in [1.82, 2.24) is 5.32 Å². The number of aliphatic hydroxyl groups is 7. The van der Waals surface area contributed by atoms with Crippen molar-refractivity contribution < 1.29 is 50.0 Å². The number of amides is 1. The Morgan fingerprint density at radius 3 is 1.29 bits per heavy atom. The predicted octanol–water partition coefficient (Wildman–Crippen LogP) is 11.9. The van der Waals surface area contributed by atoms with Gasteiger partial charge in [-0.25, -0.2) is 0 Å². The summed E-state index contributed by atoms with van der Waals surface area (Å²) in [5.74, 6) is -0.727. The molecule has 0 aromatic heterocycles. The van der Waals surface area contributed by atoms with Gasteiger partial charge in [0.15, 0.2) is 6.29 Å². The van der Waals surface area contributed by atoms with E-state index in [1.165, 1.54) is 173 Å². The Labute approximate surface area is 422 Å². The van der Waals surface area contributed by atoms with E-state index in [1.807, 2.05) is 0 Å². The quantitative estimate of drug-likeness (QED) is 0.0215. The van der Waals surface area contributed by atoms with Crippen molar-refractivity contribution in [2.24, 2.45) is 0 Å². The zero-order chi connectivity index (χ0) is 50.4. The van der Waals surface area contributed by atoms with Gasteiger partial charge in [0.2, 0.25) is 5.91 Å². The monoisotopic (exact) mass is 980 g/mol. The summed E-state index contributed by atoms with van der Waals surface area (Å²) in [5.41, 5.74) is 0. The van der Waals surface area contributed by atoms with Crippen LogP contribution in [0.25, 0.3) is 0 Å². The van der Waals surface area contributed by atoms with Crippen molar-refractivity contribution in [3.63, 3.8) is 0 Å². The van der Waals surface area contributed by atoms with Gasteiger partial charge in [-0.3, -0.25) is 4.79 Å². The zero-order valence-electron chi connectivity index (χ0n) is 44.3. The number of rotatable bonds is 49. The van der Waals surface area contributed by atoms with Gasteiger partial charge >= 0.3 is 0 Å². The third-order valence-electron chi connectivity index (χ3n) is 13.9. The van der Waals surface area contributed by atoms with E-state index < -0.39 is 74.2 Å². The lowest BCUT2D eigenvalue weighted by Crippen LogP contribution is -2.60. The van der Waals surface area contributed by atoms with Crippen LogP contribution in [0.4, 0.5) is 0 Å². The van der Waals surface area contributed by atoms with Crippen molar-refractivity contribution in [1.29, 1.82) is 0 Å². The molecule has 1 amide bonds. The van der Waals surface area contributed by atoms with Crippen LogP contribution in [0.5, 0.6) is 0 Å². The number of ether oxygens (including phenoxy) is 2. The molecule has 0 spiro atoms. The molecule has 1 aliphatic heterocycles. The molecule has 1 fully saturated rings. The number of allylic oxidation sites excluding steroid dienone is 6. The van der Waals surface area contributed by atoms with Gasteiger partial charge in [-0.2, -0.15) is 0 Å². The molecular formula is C58H109NO10. The summed E-state index contributed by atoms with van der Waals surface area (Å²) in [6.07, 6.45) is 46.6. The topological polar surface area (TPSA) is 189 Å². The standard InChI is InChI=1S/C58H109NO10/c1-3-5-7-9-11-13-15-17-18-19-20-21-22-23-24-25-26-27-28-29-30-31-32-33-34-36-37-39-41-43-45-50(61)53(63)49(48-68-58-56(66)55(65)54(64)52(47-60)69-58)59-57(67)51(62)46-44-42-40-38-35-16-14-12-10-8-6-4-2/h32-33,35,37-39,49-56,58,60-66H,3-31,34,36,40-48H2,1-2H3,(H,59,67)/b33-32+,38-35-,39-37+. The molecule has 0 saturated carbocycles. The highest BCUT2D eigenvalue weighted by molar-refractivity contribution is 5.80. The van der Waals surface area contributed by atoms with Crippen LogP contribution in [-0.4, -0.2) is 110 Å². The zero-order valence-corrected chi connectivity index (χ0v) is 44.3. The minimum absolute atomic E-state index is 0.220. The fourth-order valence-electron chi connectivity index (χ4n) is 9.16. The van der Waals surface area contributed by atoms with Gasteiger partial charge < -0.3 is 50.5 Å². The first-order valence-electron chi connectivity index (χ1n) is 28.9. The number of aliphatic hydroxyl groups excluding tert-OH is 7. The summed E-state index contributed by atoms with van der Waals surface area (Å²) in [4.78, 5) is 13.1. The lowest BCUT2D eigenvalue weighted by Gasteiger charge is -2.40. The van der Waals surface area contributed by atoms with Crippen LogP contribution in [0, 0.1) is 0 Å². The van der Waals surface area contributed by atoms with E-state index in [1.54, 1.807) is 0 Å². The highest BCUT2D eigenvalue weighted by Crippen LogP contribution is 2.23. The average Bonchev–Trinajstić information content (AvgIpc) is 3.35. The van der Waals surface area contributed by atoms with Gasteiger partial charge in [-0.05, 0) is 77.0 Å². The van der Waals surface area contributed by atoms with Crippen molar-refractivity contribution in [3.05, 3.63) is 36.5 Å². The summed E-state index contributed by atoms with van der Waals surface area (Å²) < 4.78 is 11.1. The molecule has 1 aliphatic rings. The lowest BCUT2D eigenvalue weighted by molar-refractivity contribution is -0.303. The molecular weight excluding hydrogens is 871 g/mol. The van der Waals surface area contributed by atoms with E-state index in [-0.39, 0.29) is 12.8 Å². The molecule has 0 aromatic carbocycles. The maximum absolute atomic E-state index is 13.1. The van der Waals surface area contributed by atoms with Crippen LogP contribution < -0.4 is 5.32 Å². The Hall–Kier alpha value is -1.67. The van der Waals surface area contributed by atoms with E-state index in [2.05, 4.69) is 55.6 Å². The SMILES string of the molecule is CCCCCCCC/C=C\CCCCC(O)C(=O)NC(COC1OC(CO)C(O)C(O)C1O)C(O)C(O)CCC/C=C/CC/C=C/CCCCCCCCCCCCCCCCCCCCCCC. The predicted molar refractivity (Wildman–Crippen MR) is 284 cm³/mol. The molecule has 0 bridgehead atoms. The molecule has 9 unspecified atom stereocenters. The van der Waals surface area contributed by atoms with E-state index >= 15 is 0 Å². The molecule has 1 heterocycles. The van der Waals surface area contributed by atoms with Gasteiger partial charge in [-0.1, -0.05) is 217 Å². The summed E-state index contributed by atoms with van der Waals surface area (Å²) >= 11 is 0. The van der Waals surface area contributed by atoms with E-state index in [0.29, 0.717) is 19.3 Å². The van der Waals surface area contributed by atoms with Crippen LogP contribution in [0.2, 0.25) is 0 Å². The fourth-order valence-corrected chi connectivity index (χ4v) is 9.16. The Morgan fingerprint density at radius 1 is 0.493 bits per heavy atom. The number of hydrogen-bond acceptors (Lipinski definition) is 10. The van der Waals surface area contributed by atoms with Crippen LogP contribution >= 0.6 is 0 Å². The minimum Gasteiger partial charge on any atom is -0.394 e. The number of unbranched alkanes of at least 4 members (excludes halogenated alkanes) is 31. The molecule has 0 aliphatic carbocycles. The van der Waals surface area contributed by atoms with Gasteiger partial charge in [0.1, 0.15) is 36.6 Å². The molecule has 9 atom stereocenters. The molecule has 0 aromatic rings. The summed E-state index contributed by atoms with van der Waals surface area (Å²) in [7, 11) is 0. The van der Waals surface area contributed by atoms with Crippen molar-refractivity contribution >= 4 is 5.91 Å². The average molecular weight is 981 g/mol. The molecule has 8 N–H and O–H groups in total. The number of carbonyl (C=O) groups excluding carboxylic acids is 1. The number of carbonyl (C=O) groups is 1. The van der Waals surface area contributed by atoms with Gasteiger partial charge in [-0.15, -0.1) is 0 Å². The molecule has 0 radical (unpaired) electrons. The fraction of sp³-hybridized carbons (Fsp3) is 0.879. The summed E-state index contributed by atoms with van der Waals surface area (Å²) in [5, 5.41) is 75.9. The third-order valence-corrected chi connectivity index (χ3v) is 13.9. The molecule has 69 heavy (non-hydrogen) atoms. The summed E-state index contributed by atoms with van der Waals surface area (Å²) in [6, 6.07) is -1.20. The second-order valence-corrected chi connectivity index (χ2v) is 20.3. The first kappa shape index (κ1) is 65.3. The van der Waals surface area contributed by atoms with Crippen molar-refractivity contribution in [2.75, 3.05) is 13.2 Å². The summed E-state index contributed by atoms with van der Waals surface area (Å²) in [6.45, 7) is 3.42. The molecule has 406 valence electrons. The Kier molecular flexibility index (Phi) is 44.8. The van der Waals surface area contributed by atoms with E-state index in [9.17, 15) is 40.5 Å². The first-order chi connectivity index (χ1) is 33.7. The normalized spacial score (nSPS) is 20.6. The van der Waals surface area contributed by atoms with Crippen LogP contribution in [0.1, 0.15) is 258 Å². The van der Waals surface area contributed by atoms with Gasteiger partial charge in [0.05, 0.1) is 25.4 Å². The molecule has 1 rings (SSSR count). The largest absolute Gasteiger partial charge is 0.394 e. The Bertz CT molecular complexity index is 1210. The van der Waals surface area contributed by atoms with Gasteiger partial charge in [0, 0.05) is 0 Å². The van der Waals surface area contributed by atoms with E-state index in [0.717, 1.165) is 38.5 Å². The smallest absolute Gasteiger partial charge is 0.249 e. The third kappa shape index (κ3) is 36.0. The Morgan fingerprint density at radius 2 is 0.870 bits per heavy atom. The second-order valence-electron chi connectivity index (χ2n) is 20.3. The highest BCUT2D eigenvalue weighted by Gasteiger charge is 2.44. The molecule has 11 nitrogen and oxygen atoms in total.